The van der Waals surface area contributed by atoms with Gasteiger partial charge in [-0.15, -0.1) is 16.9 Å². The van der Waals surface area contributed by atoms with Crippen LogP contribution in [0.1, 0.15) is 0 Å². The lowest BCUT2D eigenvalue weighted by atomic mass is 9.91. The van der Waals surface area contributed by atoms with E-state index in [4.69, 9.17) is 15.6 Å². The second kappa shape index (κ2) is 10.4. The monoisotopic (exact) mass is 586 g/mol. The summed E-state index contributed by atoms with van der Waals surface area (Å²) in [5, 5.41) is 29.6. The van der Waals surface area contributed by atoms with E-state index < -0.39 is 50.8 Å². The minimum atomic E-state index is -1.79. The summed E-state index contributed by atoms with van der Waals surface area (Å²) in [6, 6.07) is 2.45. The fraction of sp³-hybridized carbons (Fsp3) is 0.389. The van der Waals surface area contributed by atoms with Crippen molar-refractivity contribution < 1.29 is 38.9 Å². The Kier molecular flexibility index (Phi) is 7.57. The Morgan fingerprint density at radius 3 is 2.57 bits per heavy atom. The van der Waals surface area contributed by atoms with Crippen LogP contribution in [0.25, 0.3) is 4.85 Å². The molecule has 0 aliphatic carbocycles. The number of aliphatic carboxylic acids is 2. The number of tetrazole rings is 1. The number of carboxylic acids is 2. The average molecular weight is 587 g/mol. The van der Waals surface area contributed by atoms with Crippen LogP contribution in [0, 0.1) is 6.07 Å². The van der Waals surface area contributed by atoms with E-state index in [1.54, 1.807) is 7.05 Å². The number of fused-ring (bicyclic) bond motifs is 1. The highest BCUT2D eigenvalue weighted by molar-refractivity contribution is 8.39. The number of aryl methyl sites for hydroxylation is 1. The molecule has 4 heterocycles. The third-order valence-corrected chi connectivity index (χ3v) is 10.5. The van der Waals surface area contributed by atoms with Gasteiger partial charge in [-0.05, 0) is 16.0 Å². The van der Waals surface area contributed by atoms with Crippen molar-refractivity contribution in [3.05, 3.63) is 25.9 Å². The maximum absolute atomic E-state index is 13.1. The standard InChI is InChI=1S/C18H15N7O8S4/c1-24-17(21-22-23-24)35-4-6-3-34-16-18(33-2,15(32)25(16)8(6)12(30)31)5-20-10(27)14-36-13(37-14)7(9(19)26)11(28)29/h14,16H,3-4H2,1-2H3,(H3-,19,26,28,29,30,31)/p+1/t14?,16?,18-/m0/s1. The van der Waals surface area contributed by atoms with Crippen LogP contribution in [0.2, 0.25) is 0 Å². The van der Waals surface area contributed by atoms with E-state index in [9.17, 15) is 29.1 Å². The fourth-order valence-corrected chi connectivity index (χ4v) is 8.05. The molecule has 0 aromatic carbocycles. The predicted molar refractivity (Wildman–Crippen MR) is 132 cm³/mol. The van der Waals surface area contributed by atoms with Crippen molar-refractivity contribution in [3.8, 4) is 6.07 Å². The number of carbonyl (C=O) groups is 5. The lowest BCUT2D eigenvalue weighted by Crippen LogP contribution is -2.73. The van der Waals surface area contributed by atoms with E-state index in [1.165, 1.54) is 35.3 Å². The fourth-order valence-electron chi connectivity index (χ4n) is 3.44. The Balaban J connectivity index is 1.51. The highest BCUT2D eigenvalue weighted by atomic mass is 32.3. The average Bonchev–Trinajstić information content (AvgIpc) is 3.23. The largest absolute Gasteiger partial charge is 0.538 e. The van der Waals surface area contributed by atoms with Crippen LogP contribution in [0.15, 0.2) is 26.2 Å². The van der Waals surface area contributed by atoms with Gasteiger partial charge in [0.25, 0.3) is 11.8 Å². The number of methoxy groups -OCH3 is 1. The van der Waals surface area contributed by atoms with Crippen LogP contribution in [-0.4, -0.2) is 99.2 Å². The molecule has 4 rings (SSSR count). The van der Waals surface area contributed by atoms with E-state index in [0.29, 0.717) is 10.7 Å². The van der Waals surface area contributed by atoms with Gasteiger partial charge in [-0.25, -0.2) is 14.3 Å². The van der Waals surface area contributed by atoms with Gasteiger partial charge < -0.3 is 20.7 Å². The number of aromatic nitrogens is 4. The van der Waals surface area contributed by atoms with Gasteiger partial charge in [-0.2, -0.15) is 4.79 Å². The zero-order valence-electron chi connectivity index (χ0n) is 18.8. The maximum Gasteiger partial charge on any atom is 0.538 e. The molecule has 2 fully saturated rings. The van der Waals surface area contributed by atoms with Crippen molar-refractivity contribution in [2.24, 2.45) is 12.8 Å². The van der Waals surface area contributed by atoms with Crippen molar-refractivity contribution in [2.75, 3.05) is 18.6 Å². The smallest absolute Gasteiger partial charge is 0.477 e. The second-order valence-corrected chi connectivity index (χ2v) is 12.2. The third-order valence-electron chi connectivity index (χ3n) is 5.22. The SMILES string of the molecule is CO[C@@]1(C#[N+]C(=O)C2SC(=C(C(N)=O)C(=O)O)S2)C(=O)N2C(C(=O)O)=C(CSc3nnnn3C)CSC21. The lowest BCUT2D eigenvalue weighted by molar-refractivity contribution is -0.173. The van der Waals surface area contributed by atoms with Crippen molar-refractivity contribution in [2.45, 2.75) is 20.7 Å². The van der Waals surface area contributed by atoms with Gasteiger partial charge in [-0.3, -0.25) is 14.5 Å². The van der Waals surface area contributed by atoms with Crippen LogP contribution in [0.4, 0.5) is 0 Å². The number of thioether (sulfide) groups is 4. The second-order valence-electron chi connectivity index (χ2n) is 7.37. The first-order chi connectivity index (χ1) is 17.5. The molecular formula is C18H16N7O8S4+. The van der Waals surface area contributed by atoms with E-state index in [-0.39, 0.29) is 21.4 Å². The molecule has 37 heavy (non-hydrogen) atoms. The number of carboxylic acid groups (broad SMARTS) is 2. The highest BCUT2D eigenvalue weighted by Gasteiger charge is 2.69. The molecule has 3 aliphatic heterocycles. The van der Waals surface area contributed by atoms with E-state index in [2.05, 4.69) is 26.4 Å². The van der Waals surface area contributed by atoms with Crippen LogP contribution in [-0.2, 0) is 35.8 Å². The van der Waals surface area contributed by atoms with Crippen molar-refractivity contribution in [1.29, 1.82) is 0 Å². The van der Waals surface area contributed by atoms with Crippen LogP contribution < -0.4 is 5.73 Å². The molecule has 0 saturated carbocycles. The zero-order valence-corrected chi connectivity index (χ0v) is 22.1. The van der Waals surface area contributed by atoms with Crippen LogP contribution >= 0.6 is 47.0 Å². The number of primary amides is 1. The molecule has 1 unspecified atom stereocenters. The number of rotatable bonds is 8. The topological polar surface area (TPSA) is 212 Å². The first kappa shape index (κ1) is 27.0. The summed E-state index contributed by atoms with van der Waals surface area (Å²) in [6.45, 7) is 0. The number of ether oxygens (including phenoxy) is 1. The number of nitrogens with two attached hydrogens (primary N) is 1. The lowest BCUT2D eigenvalue weighted by Gasteiger charge is -2.51. The van der Waals surface area contributed by atoms with E-state index in [0.717, 1.165) is 28.4 Å². The minimum absolute atomic E-state index is 0.0717. The first-order valence-electron chi connectivity index (χ1n) is 9.95. The van der Waals surface area contributed by atoms with Gasteiger partial charge >= 0.3 is 29.5 Å². The van der Waals surface area contributed by atoms with Crippen LogP contribution in [0.3, 0.4) is 0 Å². The van der Waals surface area contributed by atoms with E-state index in [1.807, 2.05) is 0 Å². The summed E-state index contributed by atoms with van der Waals surface area (Å²) < 4.78 is 6.01. The Bertz CT molecular complexity index is 1340. The number of nitrogens with zero attached hydrogens (tertiary/aromatic N) is 6. The van der Waals surface area contributed by atoms with Gasteiger partial charge in [-0.1, -0.05) is 35.3 Å². The zero-order chi connectivity index (χ0) is 27.1. The number of hydrogen-bond donors (Lipinski definition) is 3. The third kappa shape index (κ3) is 4.70. The summed E-state index contributed by atoms with van der Waals surface area (Å²) in [4.78, 5) is 64.9. The molecule has 2 atom stereocenters. The molecule has 2 saturated heterocycles. The molecule has 0 bridgehead atoms. The van der Waals surface area contributed by atoms with Gasteiger partial charge in [0.1, 0.15) is 16.6 Å². The normalized spacial score (nSPS) is 24.3. The number of hydrogen-bond acceptors (Lipinski definition) is 13. The van der Waals surface area contributed by atoms with Crippen LogP contribution in [0.5, 0.6) is 0 Å². The van der Waals surface area contributed by atoms with Gasteiger partial charge in [0.05, 0.1) is 4.24 Å². The summed E-state index contributed by atoms with van der Waals surface area (Å²) >= 11 is 4.04. The summed E-state index contributed by atoms with van der Waals surface area (Å²) in [5.74, 6) is -4.96. The van der Waals surface area contributed by atoms with E-state index >= 15 is 0 Å². The summed E-state index contributed by atoms with van der Waals surface area (Å²) in [6.07, 6.45) is 0. The molecule has 19 heteroatoms. The number of β-lactam (4-membered cyclic amide) rings is 1. The van der Waals surface area contributed by atoms with Crippen molar-refractivity contribution >= 4 is 76.7 Å². The molecule has 194 valence electrons. The summed E-state index contributed by atoms with van der Waals surface area (Å²) in [5.41, 5.74) is 2.94. The van der Waals surface area contributed by atoms with Gasteiger partial charge in [0.15, 0.2) is 0 Å². The molecule has 3 amide bonds. The molecule has 1 aromatic rings. The Hall–Kier alpha value is -3.05. The van der Waals surface area contributed by atoms with Crippen molar-refractivity contribution in [1.82, 2.24) is 25.1 Å². The Morgan fingerprint density at radius 1 is 1.32 bits per heavy atom. The Labute approximate surface area is 224 Å². The summed E-state index contributed by atoms with van der Waals surface area (Å²) in [7, 11) is 2.86. The molecule has 3 aliphatic rings. The van der Waals surface area contributed by atoms with Crippen molar-refractivity contribution in [3.63, 3.8) is 0 Å². The number of amides is 3. The minimum Gasteiger partial charge on any atom is -0.477 e. The molecule has 15 nitrogen and oxygen atoms in total. The quantitative estimate of drug-likeness (QED) is 0.114. The number of carbonyl (C=O) groups excluding carboxylic acids is 3. The Morgan fingerprint density at radius 2 is 2.03 bits per heavy atom. The molecule has 0 radical (unpaired) electrons. The predicted octanol–water partition coefficient (Wildman–Crippen LogP) is -0.612. The molecule has 1 aromatic heterocycles. The van der Waals surface area contributed by atoms with Gasteiger partial charge in [0.2, 0.25) is 9.74 Å². The maximum atomic E-state index is 13.1. The molecular weight excluding hydrogens is 571 g/mol. The molecule has 4 N–H and O–H groups in total. The van der Waals surface area contributed by atoms with Gasteiger partial charge in [0, 0.05) is 30.5 Å². The molecule has 0 spiro atoms. The first-order valence-corrected chi connectivity index (χ1v) is 13.7. The highest BCUT2D eigenvalue weighted by Crippen LogP contribution is 2.53.